The monoisotopic (exact) mass is 233 g/mol. The maximum atomic E-state index is 11.7. The summed E-state index contributed by atoms with van der Waals surface area (Å²) in [7, 11) is 0. The van der Waals surface area contributed by atoms with Gasteiger partial charge >= 0.3 is 5.97 Å². The molecular weight excluding hydrogens is 218 g/mol. The molecule has 1 rings (SSSR count). The van der Waals surface area contributed by atoms with Crippen molar-refractivity contribution in [1.82, 2.24) is 0 Å². The summed E-state index contributed by atoms with van der Waals surface area (Å²) in [4.78, 5) is 22.4. The van der Waals surface area contributed by atoms with E-state index in [2.05, 4.69) is 5.32 Å². The van der Waals surface area contributed by atoms with Crippen molar-refractivity contribution in [2.45, 2.75) is 20.8 Å². The Kier molecular flexibility index (Phi) is 4.04. The van der Waals surface area contributed by atoms with Crippen molar-refractivity contribution in [2.75, 3.05) is 5.32 Å². The van der Waals surface area contributed by atoms with E-state index in [4.69, 9.17) is 5.11 Å². The molecule has 2 N–H and O–H groups in total. The number of carbonyl (C=O) groups is 2. The Balaban J connectivity index is 2.83. The molecule has 0 saturated heterocycles. The van der Waals surface area contributed by atoms with Gasteiger partial charge in [-0.2, -0.15) is 0 Å². The number of nitrogens with one attached hydrogen (secondary N) is 1. The molecule has 0 bridgehead atoms. The zero-order valence-corrected chi connectivity index (χ0v) is 10.1. The van der Waals surface area contributed by atoms with E-state index in [0.29, 0.717) is 5.69 Å². The molecule has 17 heavy (non-hydrogen) atoms. The van der Waals surface area contributed by atoms with Gasteiger partial charge in [-0.3, -0.25) is 4.79 Å². The van der Waals surface area contributed by atoms with Crippen molar-refractivity contribution < 1.29 is 14.7 Å². The van der Waals surface area contributed by atoms with Gasteiger partial charge in [0.2, 0.25) is 0 Å². The van der Waals surface area contributed by atoms with Crippen molar-refractivity contribution in [3.05, 3.63) is 41.0 Å². The summed E-state index contributed by atoms with van der Waals surface area (Å²) in [5.74, 6) is -1.48. The third-order valence-electron chi connectivity index (χ3n) is 2.53. The Morgan fingerprint density at radius 2 is 1.59 bits per heavy atom. The van der Waals surface area contributed by atoms with Gasteiger partial charge in [-0.1, -0.05) is 17.7 Å². The van der Waals surface area contributed by atoms with Crippen molar-refractivity contribution in [3.8, 4) is 0 Å². The highest BCUT2D eigenvalue weighted by Gasteiger charge is 2.12. The van der Waals surface area contributed by atoms with Crippen LogP contribution < -0.4 is 5.32 Å². The van der Waals surface area contributed by atoms with Crippen LogP contribution in [0.4, 0.5) is 5.69 Å². The number of hydrogen-bond acceptors (Lipinski definition) is 2. The first kappa shape index (κ1) is 13.0. The lowest BCUT2D eigenvalue weighted by Crippen LogP contribution is -2.16. The molecule has 0 aliphatic carbocycles. The van der Waals surface area contributed by atoms with Gasteiger partial charge in [0.05, 0.1) is 0 Å². The molecule has 0 saturated carbocycles. The van der Waals surface area contributed by atoms with E-state index < -0.39 is 11.9 Å². The first-order chi connectivity index (χ1) is 7.91. The molecule has 0 aromatic heterocycles. The van der Waals surface area contributed by atoms with Crippen LogP contribution in [0.3, 0.4) is 0 Å². The number of carboxylic acids is 1. The van der Waals surface area contributed by atoms with Crippen LogP contribution in [0.5, 0.6) is 0 Å². The molecule has 0 aliphatic rings. The number of rotatable bonds is 3. The highest BCUT2D eigenvalue weighted by atomic mass is 16.4. The second kappa shape index (κ2) is 5.30. The molecule has 1 aromatic carbocycles. The number of benzene rings is 1. The minimum absolute atomic E-state index is 0.0506. The summed E-state index contributed by atoms with van der Waals surface area (Å²) in [5, 5.41) is 11.4. The van der Waals surface area contributed by atoms with Gasteiger partial charge in [-0.15, -0.1) is 0 Å². The second-order valence-corrected chi connectivity index (χ2v) is 3.88. The van der Waals surface area contributed by atoms with Gasteiger partial charge in [0.25, 0.3) is 5.91 Å². The molecule has 0 radical (unpaired) electrons. The van der Waals surface area contributed by atoms with E-state index in [1.807, 2.05) is 19.1 Å². The third-order valence-corrected chi connectivity index (χ3v) is 2.53. The topological polar surface area (TPSA) is 66.4 Å². The van der Waals surface area contributed by atoms with Crippen molar-refractivity contribution in [3.63, 3.8) is 0 Å². The first-order valence-electron chi connectivity index (χ1n) is 5.20. The minimum Gasteiger partial charge on any atom is -0.478 e. The average Bonchev–Trinajstić information content (AvgIpc) is 2.30. The molecule has 0 unspecified atom stereocenters. The van der Waals surface area contributed by atoms with Crippen LogP contribution in [0, 0.1) is 6.92 Å². The zero-order valence-electron chi connectivity index (χ0n) is 10.1. The van der Waals surface area contributed by atoms with E-state index in [-0.39, 0.29) is 11.1 Å². The Morgan fingerprint density at radius 1 is 1.06 bits per heavy atom. The number of anilines is 1. The van der Waals surface area contributed by atoms with Crippen LogP contribution in [-0.2, 0) is 9.59 Å². The molecule has 4 nitrogen and oxygen atoms in total. The predicted molar refractivity (Wildman–Crippen MR) is 65.8 cm³/mol. The van der Waals surface area contributed by atoms with E-state index in [1.165, 1.54) is 13.8 Å². The zero-order chi connectivity index (χ0) is 13.0. The smallest absolute Gasteiger partial charge is 0.331 e. The van der Waals surface area contributed by atoms with Crippen LogP contribution >= 0.6 is 0 Å². The Hall–Kier alpha value is -2.10. The molecule has 0 aliphatic heterocycles. The fraction of sp³-hybridized carbons (Fsp3) is 0.231. The Bertz CT molecular complexity index is 472. The summed E-state index contributed by atoms with van der Waals surface area (Å²) in [6.07, 6.45) is 0. The molecule has 90 valence electrons. The lowest BCUT2D eigenvalue weighted by atomic mass is 10.1. The summed E-state index contributed by atoms with van der Waals surface area (Å²) in [5.41, 5.74) is 2.00. The molecule has 0 heterocycles. The molecule has 1 amide bonds. The maximum Gasteiger partial charge on any atom is 0.331 e. The van der Waals surface area contributed by atoms with Crippen LogP contribution in [0.15, 0.2) is 35.4 Å². The van der Waals surface area contributed by atoms with Gasteiger partial charge in [0, 0.05) is 16.8 Å². The molecule has 1 aromatic rings. The van der Waals surface area contributed by atoms with Gasteiger partial charge in [-0.25, -0.2) is 4.79 Å². The number of aliphatic carboxylic acids is 1. The quantitative estimate of drug-likeness (QED) is 0.787. The third kappa shape index (κ3) is 3.45. The number of carboxylic acid groups (broad SMARTS) is 1. The fourth-order valence-corrected chi connectivity index (χ4v) is 1.19. The minimum atomic E-state index is -1.08. The molecule has 0 atom stereocenters. The number of aryl methyl sites for hydroxylation is 1. The maximum absolute atomic E-state index is 11.7. The summed E-state index contributed by atoms with van der Waals surface area (Å²) in [6, 6.07) is 7.30. The number of amides is 1. The normalized spacial score (nSPS) is 11.7. The summed E-state index contributed by atoms with van der Waals surface area (Å²) < 4.78 is 0. The molecule has 0 fully saturated rings. The fourth-order valence-electron chi connectivity index (χ4n) is 1.19. The van der Waals surface area contributed by atoms with E-state index >= 15 is 0 Å². The van der Waals surface area contributed by atoms with Crippen LogP contribution in [0.25, 0.3) is 0 Å². The Morgan fingerprint density at radius 3 is 2.06 bits per heavy atom. The van der Waals surface area contributed by atoms with Gasteiger partial charge < -0.3 is 10.4 Å². The number of carbonyl (C=O) groups excluding carboxylic acids is 1. The van der Waals surface area contributed by atoms with Crippen LogP contribution in [0.2, 0.25) is 0 Å². The lowest BCUT2D eigenvalue weighted by molar-refractivity contribution is -0.133. The molecule has 4 heteroatoms. The van der Waals surface area contributed by atoms with Crippen LogP contribution in [0.1, 0.15) is 19.4 Å². The average molecular weight is 233 g/mol. The largest absolute Gasteiger partial charge is 0.478 e. The summed E-state index contributed by atoms with van der Waals surface area (Å²) in [6.45, 7) is 4.85. The van der Waals surface area contributed by atoms with Crippen molar-refractivity contribution in [1.29, 1.82) is 0 Å². The van der Waals surface area contributed by atoms with Crippen molar-refractivity contribution >= 4 is 17.6 Å². The predicted octanol–water partition coefficient (Wildman–Crippen LogP) is 2.35. The van der Waals surface area contributed by atoms with Crippen molar-refractivity contribution in [2.24, 2.45) is 0 Å². The van der Waals surface area contributed by atoms with E-state index in [9.17, 15) is 9.59 Å². The first-order valence-corrected chi connectivity index (χ1v) is 5.20. The van der Waals surface area contributed by atoms with E-state index in [0.717, 1.165) is 5.56 Å². The summed E-state index contributed by atoms with van der Waals surface area (Å²) >= 11 is 0. The van der Waals surface area contributed by atoms with E-state index in [1.54, 1.807) is 12.1 Å². The SMILES string of the molecule is CC(C(=O)O)=C(C)C(=O)Nc1ccc(C)cc1. The van der Waals surface area contributed by atoms with Gasteiger partial charge in [-0.05, 0) is 32.9 Å². The highest BCUT2D eigenvalue weighted by molar-refractivity contribution is 6.08. The molecular formula is C13H15NO3. The molecule has 0 spiro atoms. The van der Waals surface area contributed by atoms with Crippen LogP contribution in [-0.4, -0.2) is 17.0 Å². The standard InChI is InChI=1S/C13H15NO3/c1-8-4-6-11(7-5-8)14-12(15)9(2)10(3)13(16)17/h4-7H,1-3H3,(H,14,15)(H,16,17). The number of hydrogen-bond donors (Lipinski definition) is 2. The van der Waals surface area contributed by atoms with Gasteiger partial charge in [0.1, 0.15) is 0 Å². The van der Waals surface area contributed by atoms with Gasteiger partial charge in [0.15, 0.2) is 0 Å². The Labute approximate surface area is 100.0 Å². The second-order valence-electron chi connectivity index (χ2n) is 3.88. The highest BCUT2D eigenvalue weighted by Crippen LogP contribution is 2.11. The lowest BCUT2D eigenvalue weighted by Gasteiger charge is -2.07.